The zero-order valence-corrected chi connectivity index (χ0v) is 12.1. The number of aryl methyl sites for hydroxylation is 1. The van der Waals surface area contributed by atoms with Gasteiger partial charge >= 0.3 is 11.9 Å². The molecule has 1 aromatic carbocycles. The van der Waals surface area contributed by atoms with E-state index in [-0.39, 0.29) is 24.5 Å². The van der Waals surface area contributed by atoms with Crippen molar-refractivity contribution >= 4 is 17.6 Å². The van der Waals surface area contributed by atoms with Crippen LogP contribution in [-0.2, 0) is 19.1 Å². The van der Waals surface area contributed by atoms with Crippen LogP contribution >= 0.6 is 0 Å². The predicted molar refractivity (Wildman–Crippen MR) is 73.8 cm³/mol. The Hall–Kier alpha value is -2.44. The number of nitrogens with zero attached hydrogens (tertiary/aromatic N) is 1. The molecule has 0 fully saturated rings. The number of carbonyl (C=O) groups is 2. The fourth-order valence-electron chi connectivity index (χ4n) is 1.97. The minimum Gasteiger partial charge on any atom is -0.465 e. The topological polar surface area (TPSA) is 95.7 Å². The van der Waals surface area contributed by atoms with Crippen molar-refractivity contribution in [3.63, 3.8) is 0 Å². The highest BCUT2D eigenvalue weighted by molar-refractivity contribution is 6.01. The zero-order chi connectivity index (χ0) is 16.0. The van der Waals surface area contributed by atoms with E-state index in [1.54, 1.807) is 19.9 Å². The number of nitro groups is 1. The molecule has 0 bridgehead atoms. The summed E-state index contributed by atoms with van der Waals surface area (Å²) in [5.41, 5.74) is 0.0663. The van der Waals surface area contributed by atoms with Crippen molar-refractivity contribution in [2.24, 2.45) is 0 Å². The van der Waals surface area contributed by atoms with Crippen LogP contribution in [0.25, 0.3) is 0 Å². The fourth-order valence-corrected chi connectivity index (χ4v) is 1.97. The SMILES string of the molecule is CCOC(=O)C(C(=O)OCC)c1cccc(C)c1[N+](=O)[O-]. The summed E-state index contributed by atoms with van der Waals surface area (Å²) >= 11 is 0. The lowest BCUT2D eigenvalue weighted by Crippen LogP contribution is -2.27. The van der Waals surface area contributed by atoms with Crippen molar-refractivity contribution < 1.29 is 24.0 Å². The normalized spacial score (nSPS) is 10.3. The number of rotatable bonds is 6. The van der Waals surface area contributed by atoms with E-state index < -0.39 is 22.8 Å². The molecular formula is C14H17NO6. The van der Waals surface area contributed by atoms with E-state index in [9.17, 15) is 19.7 Å². The monoisotopic (exact) mass is 295 g/mol. The van der Waals surface area contributed by atoms with E-state index in [1.807, 2.05) is 0 Å². The van der Waals surface area contributed by atoms with Crippen molar-refractivity contribution in [1.29, 1.82) is 0 Å². The summed E-state index contributed by atoms with van der Waals surface area (Å²) in [6, 6.07) is 4.45. The second-order valence-corrected chi connectivity index (χ2v) is 4.21. The molecule has 21 heavy (non-hydrogen) atoms. The van der Waals surface area contributed by atoms with Gasteiger partial charge in [-0.1, -0.05) is 18.2 Å². The van der Waals surface area contributed by atoms with Gasteiger partial charge in [0.15, 0.2) is 5.92 Å². The Balaban J connectivity index is 3.39. The standard InChI is InChI=1S/C14H17NO6/c1-4-20-13(16)11(14(17)21-5-2)10-8-6-7-9(3)12(10)15(18)19/h6-8,11H,4-5H2,1-3H3. The average Bonchev–Trinajstić information content (AvgIpc) is 2.39. The van der Waals surface area contributed by atoms with Gasteiger partial charge in [-0.25, -0.2) is 0 Å². The summed E-state index contributed by atoms with van der Waals surface area (Å²) in [4.78, 5) is 34.6. The van der Waals surface area contributed by atoms with E-state index >= 15 is 0 Å². The minimum atomic E-state index is -1.45. The van der Waals surface area contributed by atoms with E-state index in [2.05, 4.69) is 0 Å². The number of ether oxygens (including phenoxy) is 2. The summed E-state index contributed by atoms with van der Waals surface area (Å²) in [6.45, 7) is 4.84. The highest BCUT2D eigenvalue weighted by Crippen LogP contribution is 2.31. The predicted octanol–water partition coefficient (Wildman–Crippen LogP) is 2.11. The summed E-state index contributed by atoms with van der Waals surface area (Å²) in [7, 11) is 0. The Labute approximate surface area is 122 Å². The first-order valence-electron chi connectivity index (χ1n) is 6.51. The van der Waals surface area contributed by atoms with Crippen LogP contribution in [0, 0.1) is 17.0 Å². The minimum absolute atomic E-state index is 0.0168. The van der Waals surface area contributed by atoms with Crippen LogP contribution in [0.2, 0.25) is 0 Å². The van der Waals surface area contributed by atoms with E-state index in [1.165, 1.54) is 19.1 Å². The van der Waals surface area contributed by atoms with E-state index in [4.69, 9.17) is 9.47 Å². The molecule has 7 nitrogen and oxygen atoms in total. The first kappa shape index (κ1) is 16.6. The molecule has 0 radical (unpaired) electrons. The van der Waals surface area contributed by atoms with E-state index in [0.717, 1.165) is 0 Å². The van der Waals surface area contributed by atoms with Gasteiger partial charge in [-0.05, 0) is 20.8 Å². The first-order valence-corrected chi connectivity index (χ1v) is 6.51. The molecule has 7 heteroatoms. The van der Waals surface area contributed by atoms with Crippen molar-refractivity contribution in [1.82, 2.24) is 0 Å². The van der Waals surface area contributed by atoms with Gasteiger partial charge in [0.1, 0.15) is 0 Å². The third kappa shape index (κ3) is 3.77. The Kier molecular flexibility index (Phi) is 5.83. The highest BCUT2D eigenvalue weighted by Gasteiger charge is 2.37. The Morgan fingerprint density at radius 3 is 2.14 bits per heavy atom. The molecule has 0 saturated carbocycles. The van der Waals surface area contributed by atoms with Crippen molar-refractivity contribution in [3.05, 3.63) is 39.4 Å². The fraction of sp³-hybridized carbons (Fsp3) is 0.429. The molecule has 0 spiro atoms. The van der Waals surface area contributed by atoms with Crippen LogP contribution in [0.4, 0.5) is 5.69 Å². The highest BCUT2D eigenvalue weighted by atomic mass is 16.6. The van der Waals surface area contributed by atoms with Gasteiger partial charge in [0.25, 0.3) is 5.69 Å². The van der Waals surface area contributed by atoms with Crippen molar-refractivity contribution in [2.45, 2.75) is 26.7 Å². The van der Waals surface area contributed by atoms with Crippen LogP contribution in [0.5, 0.6) is 0 Å². The quantitative estimate of drug-likeness (QED) is 0.345. The third-order valence-electron chi connectivity index (χ3n) is 2.81. The molecule has 0 aliphatic carbocycles. The lowest BCUT2D eigenvalue weighted by Gasteiger charge is -2.15. The summed E-state index contributed by atoms with van der Waals surface area (Å²) in [5.74, 6) is -3.17. The van der Waals surface area contributed by atoms with Gasteiger partial charge in [-0.3, -0.25) is 19.7 Å². The van der Waals surface area contributed by atoms with Crippen LogP contribution in [0.15, 0.2) is 18.2 Å². The molecule has 0 atom stereocenters. The van der Waals surface area contributed by atoms with Crippen molar-refractivity contribution in [2.75, 3.05) is 13.2 Å². The smallest absolute Gasteiger partial charge is 0.325 e. The second kappa shape index (κ2) is 7.37. The molecular weight excluding hydrogens is 278 g/mol. The number of nitro benzene ring substituents is 1. The molecule has 0 saturated heterocycles. The van der Waals surface area contributed by atoms with Crippen LogP contribution in [-0.4, -0.2) is 30.1 Å². The van der Waals surface area contributed by atoms with Gasteiger partial charge in [-0.15, -0.1) is 0 Å². The maximum Gasteiger partial charge on any atom is 0.325 e. The zero-order valence-electron chi connectivity index (χ0n) is 12.1. The Bertz CT molecular complexity index is 536. The van der Waals surface area contributed by atoms with Crippen LogP contribution in [0.3, 0.4) is 0 Å². The van der Waals surface area contributed by atoms with Gasteiger partial charge in [0.2, 0.25) is 0 Å². The molecule has 0 aliphatic rings. The number of para-hydroxylation sites is 1. The lowest BCUT2D eigenvalue weighted by atomic mass is 9.95. The second-order valence-electron chi connectivity index (χ2n) is 4.21. The number of carbonyl (C=O) groups excluding carboxylic acids is 2. The first-order chi connectivity index (χ1) is 9.93. The average molecular weight is 295 g/mol. The van der Waals surface area contributed by atoms with Gasteiger partial charge in [0.05, 0.1) is 23.7 Å². The Morgan fingerprint density at radius 2 is 1.71 bits per heavy atom. The van der Waals surface area contributed by atoms with Gasteiger partial charge in [-0.2, -0.15) is 0 Å². The van der Waals surface area contributed by atoms with Gasteiger partial charge < -0.3 is 9.47 Å². The molecule has 1 rings (SSSR count). The number of esters is 2. The lowest BCUT2D eigenvalue weighted by molar-refractivity contribution is -0.386. The molecule has 114 valence electrons. The van der Waals surface area contributed by atoms with Crippen LogP contribution < -0.4 is 0 Å². The molecule has 0 amide bonds. The van der Waals surface area contributed by atoms with Gasteiger partial charge in [0, 0.05) is 5.56 Å². The van der Waals surface area contributed by atoms with Crippen LogP contribution in [0.1, 0.15) is 30.9 Å². The molecule has 0 aliphatic heterocycles. The number of benzene rings is 1. The molecule has 0 aromatic heterocycles. The third-order valence-corrected chi connectivity index (χ3v) is 2.81. The molecule has 0 N–H and O–H groups in total. The number of hydrogen-bond donors (Lipinski definition) is 0. The maximum atomic E-state index is 12.0. The summed E-state index contributed by atoms with van der Waals surface area (Å²) in [5, 5.41) is 11.2. The Morgan fingerprint density at radius 1 is 1.19 bits per heavy atom. The molecule has 0 unspecified atom stereocenters. The molecule has 1 aromatic rings. The molecule has 0 heterocycles. The van der Waals surface area contributed by atoms with Crippen molar-refractivity contribution in [3.8, 4) is 0 Å². The maximum absolute atomic E-state index is 12.0. The summed E-state index contributed by atoms with van der Waals surface area (Å²) in [6.07, 6.45) is 0. The summed E-state index contributed by atoms with van der Waals surface area (Å²) < 4.78 is 9.68. The largest absolute Gasteiger partial charge is 0.465 e. The van der Waals surface area contributed by atoms with E-state index in [0.29, 0.717) is 5.56 Å². The number of hydrogen-bond acceptors (Lipinski definition) is 6.